The lowest BCUT2D eigenvalue weighted by atomic mass is 10.0. The van der Waals surface area contributed by atoms with Crippen LogP contribution in [0.25, 0.3) is 22.5 Å². The minimum atomic E-state index is -0.327. The number of benzene rings is 2. The highest BCUT2D eigenvalue weighted by atomic mass is 16.5. The number of hydrogen-bond donors (Lipinski definition) is 0. The molecule has 0 aliphatic heterocycles. The van der Waals surface area contributed by atoms with Crippen LogP contribution in [0.4, 0.5) is 0 Å². The second-order valence-electron chi connectivity index (χ2n) is 6.62. The van der Waals surface area contributed by atoms with Crippen molar-refractivity contribution in [2.24, 2.45) is 5.92 Å². The van der Waals surface area contributed by atoms with Gasteiger partial charge in [-0.1, -0.05) is 49.4 Å². The van der Waals surface area contributed by atoms with Gasteiger partial charge in [-0.15, -0.1) is 5.10 Å². The normalized spacial score (nSPS) is 10.8. The molecule has 0 fully saturated rings. The second kappa shape index (κ2) is 8.49. The van der Waals surface area contributed by atoms with Crippen LogP contribution in [0.15, 0.2) is 54.6 Å². The summed E-state index contributed by atoms with van der Waals surface area (Å²) in [7, 11) is 1.63. The number of esters is 1. The molecule has 3 rings (SSSR count). The molecule has 140 valence electrons. The summed E-state index contributed by atoms with van der Waals surface area (Å²) in [5.74, 6) is 0.727. The SMILES string of the molecule is COc1ccc(-c2nnn(CC(=O)OCC(C)C)c2-c2ccccc2)cc1. The highest BCUT2D eigenvalue weighted by Crippen LogP contribution is 2.31. The Kier molecular flexibility index (Phi) is 5.86. The first-order chi connectivity index (χ1) is 13.1. The molecule has 0 saturated carbocycles. The molecule has 0 unspecified atom stereocenters. The van der Waals surface area contributed by atoms with E-state index in [0.717, 1.165) is 22.6 Å². The van der Waals surface area contributed by atoms with Crippen LogP contribution in [-0.2, 0) is 16.1 Å². The van der Waals surface area contributed by atoms with E-state index in [1.807, 2.05) is 68.4 Å². The van der Waals surface area contributed by atoms with Crippen LogP contribution < -0.4 is 4.74 Å². The summed E-state index contributed by atoms with van der Waals surface area (Å²) in [5.41, 5.74) is 3.32. The van der Waals surface area contributed by atoms with Gasteiger partial charge in [-0.3, -0.25) is 4.79 Å². The van der Waals surface area contributed by atoms with Gasteiger partial charge in [0.2, 0.25) is 0 Å². The van der Waals surface area contributed by atoms with Crippen molar-refractivity contribution < 1.29 is 14.3 Å². The molecular weight excluding hydrogens is 342 g/mol. The van der Waals surface area contributed by atoms with Crippen molar-refractivity contribution >= 4 is 5.97 Å². The molecule has 2 aromatic carbocycles. The summed E-state index contributed by atoms with van der Waals surface area (Å²) in [6, 6.07) is 17.4. The molecule has 6 heteroatoms. The predicted molar refractivity (Wildman–Crippen MR) is 103 cm³/mol. The number of carbonyl (C=O) groups is 1. The van der Waals surface area contributed by atoms with Crippen molar-refractivity contribution in [2.75, 3.05) is 13.7 Å². The topological polar surface area (TPSA) is 66.2 Å². The van der Waals surface area contributed by atoms with Crippen LogP contribution >= 0.6 is 0 Å². The Morgan fingerprint density at radius 2 is 1.74 bits per heavy atom. The van der Waals surface area contributed by atoms with E-state index in [0.29, 0.717) is 12.3 Å². The van der Waals surface area contributed by atoms with Gasteiger partial charge in [0, 0.05) is 11.1 Å². The van der Waals surface area contributed by atoms with Crippen LogP contribution in [0.2, 0.25) is 0 Å². The van der Waals surface area contributed by atoms with Crippen molar-refractivity contribution in [1.82, 2.24) is 15.0 Å². The summed E-state index contributed by atoms with van der Waals surface area (Å²) < 4.78 is 12.1. The van der Waals surface area contributed by atoms with Gasteiger partial charge in [-0.25, -0.2) is 4.68 Å². The molecule has 3 aromatic rings. The summed E-state index contributed by atoms with van der Waals surface area (Å²) in [6.07, 6.45) is 0. The first-order valence-electron chi connectivity index (χ1n) is 8.87. The number of methoxy groups -OCH3 is 1. The standard InChI is InChI=1S/C21H23N3O3/c1-15(2)14-27-19(25)13-24-21(17-7-5-4-6-8-17)20(22-23-24)16-9-11-18(26-3)12-10-16/h4-12,15H,13-14H2,1-3H3. The molecule has 6 nitrogen and oxygen atoms in total. The summed E-state index contributed by atoms with van der Waals surface area (Å²) in [5, 5.41) is 8.54. The molecule has 0 saturated heterocycles. The Morgan fingerprint density at radius 1 is 1.04 bits per heavy atom. The quantitative estimate of drug-likeness (QED) is 0.596. The molecule has 0 amide bonds. The number of rotatable bonds is 7. The van der Waals surface area contributed by atoms with E-state index in [1.165, 1.54) is 0 Å². The lowest BCUT2D eigenvalue weighted by Crippen LogP contribution is -2.17. The van der Waals surface area contributed by atoms with Crippen LogP contribution in [0, 0.1) is 5.92 Å². The maximum atomic E-state index is 12.2. The zero-order chi connectivity index (χ0) is 19.2. The van der Waals surface area contributed by atoms with E-state index in [-0.39, 0.29) is 18.4 Å². The van der Waals surface area contributed by atoms with Crippen molar-refractivity contribution in [1.29, 1.82) is 0 Å². The number of ether oxygens (including phenoxy) is 2. The molecule has 27 heavy (non-hydrogen) atoms. The predicted octanol–water partition coefficient (Wildman–Crippen LogP) is 3.82. The fourth-order valence-corrected chi connectivity index (χ4v) is 2.68. The van der Waals surface area contributed by atoms with Gasteiger partial charge in [0.25, 0.3) is 0 Å². The van der Waals surface area contributed by atoms with E-state index >= 15 is 0 Å². The van der Waals surface area contributed by atoms with Crippen molar-refractivity contribution in [3.05, 3.63) is 54.6 Å². The average Bonchev–Trinajstić information content (AvgIpc) is 3.10. The third-order valence-corrected chi connectivity index (χ3v) is 4.00. The van der Waals surface area contributed by atoms with E-state index in [1.54, 1.807) is 11.8 Å². The fraction of sp³-hybridized carbons (Fsp3) is 0.286. The van der Waals surface area contributed by atoms with Crippen LogP contribution in [0.5, 0.6) is 5.75 Å². The van der Waals surface area contributed by atoms with Gasteiger partial charge in [0.15, 0.2) is 0 Å². The van der Waals surface area contributed by atoms with Gasteiger partial charge in [-0.05, 0) is 30.2 Å². The Bertz CT molecular complexity index is 887. The smallest absolute Gasteiger partial charge is 0.327 e. The van der Waals surface area contributed by atoms with Gasteiger partial charge in [0.1, 0.15) is 18.0 Å². The Labute approximate surface area is 158 Å². The monoisotopic (exact) mass is 365 g/mol. The minimum Gasteiger partial charge on any atom is -0.497 e. The average molecular weight is 365 g/mol. The molecule has 1 heterocycles. The maximum absolute atomic E-state index is 12.2. The van der Waals surface area contributed by atoms with Crippen molar-refractivity contribution in [3.63, 3.8) is 0 Å². The Balaban J connectivity index is 1.96. The summed E-state index contributed by atoms with van der Waals surface area (Å²) >= 11 is 0. The lowest BCUT2D eigenvalue weighted by Gasteiger charge is -2.10. The third kappa shape index (κ3) is 4.53. The van der Waals surface area contributed by atoms with Crippen molar-refractivity contribution in [2.45, 2.75) is 20.4 Å². The molecule has 1 aromatic heterocycles. The first-order valence-corrected chi connectivity index (χ1v) is 8.87. The Hall–Kier alpha value is -3.15. The fourth-order valence-electron chi connectivity index (χ4n) is 2.68. The molecular formula is C21H23N3O3. The molecule has 0 aliphatic rings. The molecule has 0 spiro atoms. The van der Waals surface area contributed by atoms with Gasteiger partial charge >= 0.3 is 5.97 Å². The number of hydrogen-bond acceptors (Lipinski definition) is 5. The van der Waals surface area contributed by atoms with Crippen LogP contribution in [0.1, 0.15) is 13.8 Å². The zero-order valence-corrected chi connectivity index (χ0v) is 15.8. The van der Waals surface area contributed by atoms with E-state index in [4.69, 9.17) is 9.47 Å². The van der Waals surface area contributed by atoms with Gasteiger partial charge in [-0.2, -0.15) is 0 Å². The highest BCUT2D eigenvalue weighted by Gasteiger charge is 2.19. The largest absolute Gasteiger partial charge is 0.497 e. The summed E-state index contributed by atoms with van der Waals surface area (Å²) in [6.45, 7) is 4.40. The van der Waals surface area contributed by atoms with Crippen LogP contribution in [-0.4, -0.2) is 34.7 Å². The minimum absolute atomic E-state index is 0.0140. The molecule has 0 aliphatic carbocycles. The number of carbonyl (C=O) groups excluding carboxylic acids is 1. The van der Waals surface area contributed by atoms with E-state index in [2.05, 4.69) is 10.3 Å². The van der Waals surface area contributed by atoms with Gasteiger partial charge in [0.05, 0.1) is 19.4 Å². The molecule has 0 N–H and O–H groups in total. The highest BCUT2D eigenvalue weighted by molar-refractivity contribution is 5.79. The lowest BCUT2D eigenvalue weighted by molar-refractivity contribution is -0.145. The molecule has 0 bridgehead atoms. The van der Waals surface area contributed by atoms with Crippen LogP contribution in [0.3, 0.4) is 0 Å². The zero-order valence-electron chi connectivity index (χ0n) is 15.8. The number of nitrogens with zero attached hydrogens (tertiary/aromatic N) is 3. The molecule has 0 atom stereocenters. The first kappa shape index (κ1) is 18.6. The third-order valence-electron chi connectivity index (χ3n) is 4.00. The maximum Gasteiger partial charge on any atom is 0.327 e. The second-order valence-corrected chi connectivity index (χ2v) is 6.62. The molecule has 0 radical (unpaired) electrons. The van der Waals surface area contributed by atoms with Gasteiger partial charge < -0.3 is 9.47 Å². The Morgan fingerprint density at radius 3 is 2.37 bits per heavy atom. The van der Waals surface area contributed by atoms with Crippen molar-refractivity contribution in [3.8, 4) is 28.3 Å². The number of aromatic nitrogens is 3. The summed E-state index contributed by atoms with van der Waals surface area (Å²) in [4.78, 5) is 12.2. The van der Waals surface area contributed by atoms with E-state index < -0.39 is 0 Å². The van der Waals surface area contributed by atoms with E-state index in [9.17, 15) is 4.79 Å².